The maximum absolute atomic E-state index is 11.1. The maximum Gasteiger partial charge on any atom is 0.302 e. The summed E-state index contributed by atoms with van der Waals surface area (Å²) in [6.45, 7) is 9.97. The van der Waals surface area contributed by atoms with Crippen molar-refractivity contribution in [3.05, 3.63) is 23.9 Å². The molecule has 3 rings (SSSR count). The summed E-state index contributed by atoms with van der Waals surface area (Å²) in [7, 11) is 0. The zero-order valence-electron chi connectivity index (χ0n) is 20.0. The van der Waals surface area contributed by atoms with Crippen LogP contribution in [-0.2, 0) is 9.53 Å². The van der Waals surface area contributed by atoms with E-state index in [0.29, 0.717) is 24.0 Å². The first kappa shape index (κ1) is 24.0. The minimum Gasteiger partial charge on any atom is -0.466 e. The molecule has 2 heterocycles. The second kappa shape index (κ2) is 11.8. The van der Waals surface area contributed by atoms with Crippen molar-refractivity contribution in [1.82, 2.24) is 9.88 Å². The smallest absolute Gasteiger partial charge is 0.302 e. The van der Waals surface area contributed by atoms with Gasteiger partial charge in [-0.25, -0.2) is 4.98 Å². The van der Waals surface area contributed by atoms with Gasteiger partial charge in [-0.3, -0.25) is 4.79 Å². The zero-order chi connectivity index (χ0) is 22.1. The fraction of sp³-hybridized carbons (Fsp3) is 0.769. The Kier molecular flexibility index (Phi) is 9.18. The van der Waals surface area contributed by atoms with E-state index in [-0.39, 0.29) is 5.97 Å². The van der Waals surface area contributed by atoms with Gasteiger partial charge in [0.25, 0.3) is 0 Å². The summed E-state index contributed by atoms with van der Waals surface area (Å²) in [4.78, 5) is 18.3. The van der Waals surface area contributed by atoms with Crippen molar-refractivity contribution in [2.24, 2.45) is 11.3 Å². The summed E-state index contributed by atoms with van der Waals surface area (Å²) in [6.07, 6.45) is 15.0. The molecule has 0 bridgehead atoms. The molecule has 0 radical (unpaired) electrons. The molecule has 0 amide bonds. The van der Waals surface area contributed by atoms with Crippen LogP contribution in [0, 0.1) is 18.3 Å². The van der Waals surface area contributed by atoms with Gasteiger partial charge in [-0.05, 0) is 81.4 Å². The van der Waals surface area contributed by atoms with E-state index in [1.807, 2.05) is 6.20 Å². The lowest BCUT2D eigenvalue weighted by Crippen LogP contribution is -2.41. The fourth-order valence-corrected chi connectivity index (χ4v) is 5.28. The van der Waals surface area contributed by atoms with E-state index < -0.39 is 0 Å². The van der Waals surface area contributed by atoms with Crippen LogP contribution in [0.1, 0.15) is 83.6 Å². The molecule has 1 unspecified atom stereocenters. The van der Waals surface area contributed by atoms with Crippen LogP contribution < -0.4 is 5.32 Å². The Morgan fingerprint density at radius 2 is 1.97 bits per heavy atom. The van der Waals surface area contributed by atoms with Crippen LogP contribution in [0.3, 0.4) is 0 Å². The van der Waals surface area contributed by atoms with Crippen LogP contribution in [0.15, 0.2) is 18.3 Å². The van der Waals surface area contributed by atoms with Gasteiger partial charge in [-0.2, -0.15) is 0 Å². The van der Waals surface area contributed by atoms with Crippen molar-refractivity contribution >= 4 is 11.8 Å². The van der Waals surface area contributed by atoms with E-state index >= 15 is 0 Å². The molecule has 1 saturated heterocycles. The lowest BCUT2D eigenvalue weighted by Gasteiger charge is -2.41. The van der Waals surface area contributed by atoms with Crippen molar-refractivity contribution in [3.63, 3.8) is 0 Å². The summed E-state index contributed by atoms with van der Waals surface area (Å²) < 4.78 is 5.23. The average molecular weight is 430 g/mol. The van der Waals surface area contributed by atoms with Gasteiger partial charge < -0.3 is 15.0 Å². The predicted octanol–water partition coefficient (Wildman–Crippen LogP) is 5.59. The number of piperidine rings is 1. The first-order valence-electron chi connectivity index (χ1n) is 12.5. The van der Waals surface area contributed by atoms with Crippen LogP contribution in [-0.4, -0.2) is 48.1 Å². The zero-order valence-corrected chi connectivity index (χ0v) is 20.0. The Labute approximate surface area is 189 Å². The van der Waals surface area contributed by atoms with Gasteiger partial charge in [0.05, 0.1) is 6.61 Å². The topological polar surface area (TPSA) is 54.5 Å². The van der Waals surface area contributed by atoms with E-state index in [4.69, 9.17) is 4.74 Å². The Morgan fingerprint density at radius 3 is 2.61 bits per heavy atom. The highest BCUT2D eigenvalue weighted by atomic mass is 16.5. The molecule has 1 saturated carbocycles. The predicted molar refractivity (Wildman–Crippen MR) is 127 cm³/mol. The highest BCUT2D eigenvalue weighted by molar-refractivity contribution is 5.65. The number of ether oxygens (including phenoxy) is 1. The third kappa shape index (κ3) is 8.10. The number of nitrogens with one attached hydrogen (secondary N) is 1. The average Bonchev–Trinajstić information content (AvgIpc) is 2.78. The molecule has 1 aliphatic carbocycles. The van der Waals surface area contributed by atoms with E-state index in [1.54, 1.807) is 0 Å². The van der Waals surface area contributed by atoms with Crippen molar-refractivity contribution in [2.45, 2.75) is 91.0 Å². The first-order valence-corrected chi connectivity index (χ1v) is 12.5. The number of likely N-dealkylation sites (tertiary alicyclic amines) is 1. The van der Waals surface area contributed by atoms with E-state index in [0.717, 1.165) is 5.82 Å². The molecule has 1 atom stereocenters. The fourth-order valence-electron chi connectivity index (χ4n) is 5.28. The number of aryl methyl sites for hydroxylation is 1. The normalized spacial score (nSPS) is 20.9. The molecule has 2 fully saturated rings. The van der Waals surface area contributed by atoms with Crippen LogP contribution in [0.25, 0.3) is 0 Å². The molecule has 1 N–H and O–H groups in total. The number of hydrogen-bond donors (Lipinski definition) is 1. The molecular formula is C26H43N3O2. The van der Waals surface area contributed by atoms with E-state index in [2.05, 4.69) is 41.2 Å². The van der Waals surface area contributed by atoms with Gasteiger partial charge >= 0.3 is 5.97 Å². The number of carbonyl (C=O) groups excluding carboxylic acids is 1. The lowest BCUT2D eigenvalue weighted by molar-refractivity contribution is -0.142. The Hall–Kier alpha value is -1.62. The minimum absolute atomic E-state index is 0.157. The number of hydrogen-bond acceptors (Lipinski definition) is 5. The molecule has 1 aliphatic heterocycles. The molecule has 1 aromatic rings. The second-order valence-electron chi connectivity index (χ2n) is 10.2. The van der Waals surface area contributed by atoms with Crippen LogP contribution >= 0.6 is 0 Å². The molecular weight excluding hydrogens is 386 g/mol. The largest absolute Gasteiger partial charge is 0.466 e. The number of esters is 1. The quantitative estimate of drug-likeness (QED) is 0.492. The maximum atomic E-state index is 11.1. The Bertz CT molecular complexity index is 662. The molecule has 1 aromatic heterocycles. The SMILES string of the molecule is CC(=O)OCC(C)CCC1(CCN2CCC(Nc3ccc(C)cn3)CC2)CCCCC1. The van der Waals surface area contributed by atoms with Crippen molar-refractivity contribution in [1.29, 1.82) is 0 Å². The van der Waals surface area contributed by atoms with Crippen LogP contribution in [0.5, 0.6) is 0 Å². The second-order valence-corrected chi connectivity index (χ2v) is 10.2. The summed E-state index contributed by atoms with van der Waals surface area (Å²) >= 11 is 0. The van der Waals surface area contributed by atoms with Gasteiger partial charge in [0, 0.05) is 32.3 Å². The number of carbonyl (C=O) groups is 1. The first-order chi connectivity index (χ1) is 14.9. The summed E-state index contributed by atoms with van der Waals surface area (Å²) in [6, 6.07) is 4.76. The molecule has 31 heavy (non-hydrogen) atoms. The van der Waals surface area contributed by atoms with Gasteiger partial charge in [-0.15, -0.1) is 0 Å². The number of pyridine rings is 1. The molecule has 0 aromatic carbocycles. The number of rotatable bonds is 10. The lowest BCUT2D eigenvalue weighted by atomic mass is 9.68. The third-order valence-electron chi connectivity index (χ3n) is 7.46. The van der Waals surface area contributed by atoms with Gasteiger partial charge in [0.2, 0.25) is 0 Å². The monoisotopic (exact) mass is 429 g/mol. The van der Waals surface area contributed by atoms with Crippen molar-refractivity contribution in [3.8, 4) is 0 Å². The Morgan fingerprint density at radius 1 is 1.23 bits per heavy atom. The van der Waals surface area contributed by atoms with Gasteiger partial charge in [0.1, 0.15) is 5.82 Å². The molecule has 174 valence electrons. The molecule has 0 spiro atoms. The molecule has 2 aliphatic rings. The van der Waals surface area contributed by atoms with E-state index in [9.17, 15) is 4.79 Å². The van der Waals surface area contributed by atoms with Gasteiger partial charge in [0.15, 0.2) is 0 Å². The highest BCUT2D eigenvalue weighted by Crippen LogP contribution is 2.44. The van der Waals surface area contributed by atoms with Crippen LogP contribution in [0.4, 0.5) is 5.82 Å². The molecule has 5 heteroatoms. The molecule has 5 nitrogen and oxygen atoms in total. The third-order valence-corrected chi connectivity index (χ3v) is 7.46. The Balaban J connectivity index is 1.42. The highest BCUT2D eigenvalue weighted by Gasteiger charge is 2.33. The number of nitrogens with zero attached hydrogens (tertiary/aromatic N) is 2. The minimum atomic E-state index is -0.157. The van der Waals surface area contributed by atoms with Crippen LogP contribution in [0.2, 0.25) is 0 Å². The van der Waals surface area contributed by atoms with E-state index in [1.165, 1.54) is 96.3 Å². The van der Waals surface area contributed by atoms with Crippen molar-refractivity contribution < 1.29 is 9.53 Å². The number of aromatic nitrogens is 1. The summed E-state index contributed by atoms with van der Waals surface area (Å²) in [5, 5.41) is 3.62. The summed E-state index contributed by atoms with van der Waals surface area (Å²) in [5.74, 6) is 1.31. The standard InChI is InChI=1S/C26H43N3O2/c1-21-7-8-25(27-19-21)28-24-10-16-29(17-11-24)18-15-26(12-5-4-6-13-26)14-9-22(2)20-31-23(3)30/h7-8,19,22,24H,4-6,9-18,20H2,1-3H3,(H,27,28). The summed E-state index contributed by atoms with van der Waals surface area (Å²) in [5.41, 5.74) is 1.71. The van der Waals surface area contributed by atoms with Crippen molar-refractivity contribution in [2.75, 3.05) is 31.6 Å². The number of anilines is 1. The van der Waals surface area contributed by atoms with Gasteiger partial charge in [-0.1, -0.05) is 32.3 Å².